The van der Waals surface area contributed by atoms with Crippen LogP contribution in [0.25, 0.3) is 0 Å². The first kappa shape index (κ1) is 21.4. The largest absolute Gasteiger partial charge is 0.497 e. The summed E-state index contributed by atoms with van der Waals surface area (Å²) in [7, 11) is 1.66. The standard InChI is InChI=1S/C27H31NO3/c1-4-31-22-9-11-23-20(17-22)12-15-27(18-28)24(25(29)13-14-26(23,27)2)10-8-19-6-5-7-21(16-19)30-3/h5-7,9,11,16-17,24H,4,8,10,12-15H2,1-3H3/t24?,26-,27+/m0/s1. The summed E-state index contributed by atoms with van der Waals surface area (Å²) in [6, 6.07) is 17.0. The van der Waals surface area contributed by atoms with Gasteiger partial charge in [-0.3, -0.25) is 4.79 Å². The van der Waals surface area contributed by atoms with Gasteiger partial charge in [0, 0.05) is 17.8 Å². The van der Waals surface area contributed by atoms with Gasteiger partial charge in [-0.05, 0) is 80.0 Å². The van der Waals surface area contributed by atoms with Gasteiger partial charge in [-0.15, -0.1) is 0 Å². The van der Waals surface area contributed by atoms with Gasteiger partial charge in [0.1, 0.15) is 17.3 Å². The van der Waals surface area contributed by atoms with E-state index in [2.05, 4.69) is 31.2 Å². The number of hydrogen-bond donors (Lipinski definition) is 0. The summed E-state index contributed by atoms with van der Waals surface area (Å²) in [5, 5.41) is 10.5. The number of methoxy groups -OCH3 is 1. The summed E-state index contributed by atoms with van der Waals surface area (Å²) in [6.45, 7) is 4.83. The van der Waals surface area contributed by atoms with E-state index in [1.165, 1.54) is 11.1 Å². The maximum absolute atomic E-state index is 13.2. The Kier molecular flexibility index (Phi) is 5.79. The highest BCUT2D eigenvalue weighted by molar-refractivity contribution is 5.84. The fourth-order valence-corrected chi connectivity index (χ4v) is 5.96. The number of ketones is 1. The normalized spacial score (nSPS) is 27.0. The van der Waals surface area contributed by atoms with E-state index in [9.17, 15) is 10.1 Å². The van der Waals surface area contributed by atoms with E-state index in [1.54, 1.807) is 7.11 Å². The summed E-state index contributed by atoms with van der Waals surface area (Å²) in [6.07, 6.45) is 4.26. The van der Waals surface area contributed by atoms with Crippen molar-refractivity contribution < 1.29 is 14.3 Å². The molecule has 0 aliphatic heterocycles. The molecular weight excluding hydrogens is 386 g/mol. The first-order valence-corrected chi connectivity index (χ1v) is 11.3. The van der Waals surface area contributed by atoms with Gasteiger partial charge in [-0.2, -0.15) is 5.26 Å². The molecular formula is C27H31NO3. The fraction of sp³-hybridized carbons (Fsp3) is 0.481. The van der Waals surface area contributed by atoms with Crippen molar-refractivity contribution in [2.75, 3.05) is 13.7 Å². The second-order valence-electron chi connectivity index (χ2n) is 9.08. The molecule has 2 aliphatic rings. The Morgan fingerprint density at radius 1 is 1.13 bits per heavy atom. The first-order chi connectivity index (χ1) is 15.0. The van der Waals surface area contributed by atoms with Crippen molar-refractivity contribution in [3.8, 4) is 17.6 Å². The fourth-order valence-electron chi connectivity index (χ4n) is 5.96. The maximum atomic E-state index is 13.2. The SMILES string of the molecule is CCOc1ccc2c(c1)CC[C@@]1(C#N)C(CCc3cccc(OC)c3)C(=O)CC[C@@]21C. The van der Waals surface area contributed by atoms with Crippen LogP contribution in [0.3, 0.4) is 0 Å². The third-order valence-electron chi connectivity index (χ3n) is 7.67. The zero-order chi connectivity index (χ0) is 22.1. The second-order valence-corrected chi connectivity index (χ2v) is 9.08. The number of rotatable bonds is 6. The van der Waals surface area contributed by atoms with Crippen LogP contribution in [-0.2, 0) is 23.1 Å². The number of benzene rings is 2. The minimum absolute atomic E-state index is 0.247. The minimum Gasteiger partial charge on any atom is -0.497 e. The van der Waals surface area contributed by atoms with Crippen molar-refractivity contribution in [1.82, 2.24) is 0 Å². The number of ether oxygens (including phenoxy) is 2. The van der Waals surface area contributed by atoms with E-state index in [4.69, 9.17) is 9.47 Å². The van der Waals surface area contributed by atoms with Gasteiger partial charge in [0.05, 0.1) is 25.2 Å². The van der Waals surface area contributed by atoms with Gasteiger partial charge in [0.15, 0.2) is 0 Å². The van der Waals surface area contributed by atoms with E-state index in [1.807, 2.05) is 31.2 Å². The van der Waals surface area contributed by atoms with Crippen molar-refractivity contribution in [2.45, 2.75) is 57.8 Å². The first-order valence-electron chi connectivity index (χ1n) is 11.3. The molecule has 0 heterocycles. The summed E-state index contributed by atoms with van der Waals surface area (Å²) in [4.78, 5) is 13.2. The van der Waals surface area contributed by atoms with Crippen LogP contribution in [0.4, 0.5) is 0 Å². The molecule has 2 aliphatic carbocycles. The van der Waals surface area contributed by atoms with Crippen molar-refractivity contribution in [1.29, 1.82) is 5.26 Å². The number of carbonyl (C=O) groups is 1. The Morgan fingerprint density at radius 2 is 1.97 bits per heavy atom. The predicted molar refractivity (Wildman–Crippen MR) is 120 cm³/mol. The van der Waals surface area contributed by atoms with Crippen LogP contribution in [-0.4, -0.2) is 19.5 Å². The Bertz CT molecular complexity index is 1020. The number of nitrogens with zero attached hydrogens (tertiary/aromatic N) is 1. The van der Waals surface area contributed by atoms with Gasteiger partial charge in [-0.25, -0.2) is 0 Å². The molecule has 0 saturated heterocycles. The molecule has 162 valence electrons. The smallest absolute Gasteiger partial charge is 0.137 e. The third-order valence-corrected chi connectivity index (χ3v) is 7.67. The highest BCUT2D eigenvalue weighted by Gasteiger charge is 2.60. The van der Waals surface area contributed by atoms with E-state index in [0.717, 1.165) is 42.7 Å². The molecule has 2 aromatic rings. The van der Waals surface area contributed by atoms with Gasteiger partial charge in [-0.1, -0.05) is 25.1 Å². The Hall–Kier alpha value is -2.80. The van der Waals surface area contributed by atoms with Crippen molar-refractivity contribution in [3.05, 3.63) is 59.2 Å². The number of Topliss-reactive ketones (excluding diaryl/α,β-unsaturated/α-hetero) is 1. The van der Waals surface area contributed by atoms with E-state index in [-0.39, 0.29) is 17.1 Å². The van der Waals surface area contributed by atoms with Gasteiger partial charge in [0.25, 0.3) is 0 Å². The molecule has 0 N–H and O–H groups in total. The summed E-state index contributed by atoms with van der Waals surface area (Å²) in [5.41, 5.74) is 2.64. The lowest BCUT2D eigenvalue weighted by molar-refractivity contribution is -0.133. The van der Waals surface area contributed by atoms with Crippen LogP contribution in [0.15, 0.2) is 42.5 Å². The average molecular weight is 418 g/mol. The lowest BCUT2D eigenvalue weighted by atomic mass is 9.45. The highest BCUT2D eigenvalue weighted by atomic mass is 16.5. The van der Waals surface area contributed by atoms with Crippen LogP contribution >= 0.6 is 0 Å². The van der Waals surface area contributed by atoms with E-state index in [0.29, 0.717) is 19.4 Å². The molecule has 0 spiro atoms. The molecule has 1 unspecified atom stereocenters. The Morgan fingerprint density at radius 3 is 2.71 bits per heavy atom. The molecule has 3 atom stereocenters. The zero-order valence-corrected chi connectivity index (χ0v) is 18.7. The highest BCUT2D eigenvalue weighted by Crippen LogP contribution is 2.60. The quantitative estimate of drug-likeness (QED) is 0.630. The lowest BCUT2D eigenvalue weighted by Crippen LogP contribution is -2.56. The van der Waals surface area contributed by atoms with Crippen LogP contribution in [0, 0.1) is 22.7 Å². The Labute approximate surface area is 185 Å². The van der Waals surface area contributed by atoms with Crippen molar-refractivity contribution in [3.63, 3.8) is 0 Å². The van der Waals surface area contributed by atoms with E-state index >= 15 is 0 Å². The monoisotopic (exact) mass is 417 g/mol. The number of carbonyl (C=O) groups excluding carboxylic acids is 1. The van der Waals surface area contributed by atoms with Crippen LogP contribution in [0.2, 0.25) is 0 Å². The number of aryl methyl sites for hydroxylation is 2. The zero-order valence-electron chi connectivity index (χ0n) is 18.7. The number of nitriles is 1. The summed E-state index contributed by atoms with van der Waals surface area (Å²) >= 11 is 0. The molecule has 0 radical (unpaired) electrons. The average Bonchev–Trinajstić information content (AvgIpc) is 2.79. The second kappa shape index (κ2) is 8.38. The molecule has 4 nitrogen and oxygen atoms in total. The van der Waals surface area contributed by atoms with Crippen molar-refractivity contribution in [2.24, 2.45) is 11.3 Å². The summed E-state index contributed by atoms with van der Waals surface area (Å²) in [5.74, 6) is 1.71. The molecule has 1 saturated carbocycles. The van der Waals surface area contributed by atoms with Crippen molar-refractivity contribution >= 4 is 5.78 Å². The number of fused-ring (bicyclic) bond motifs is 3. The third kappa shape index (κ3) is 3.51. The number of hydrogen-bond acceptors (Lipinski definition) is 4. The van der Waals surface area contributed by atoms with Crippen LogP contribution in [0.1, 0.15) is 56.2 Å². The summed E-state index contributed by atoms with van der Waals surface area (Å²) < 4.78 is 11.1. The van der Waals surface area contributed by atoms with Gasteiger partial charge < -0.3 is 9.47 Å². The molecule has 4 rings (SSSR count). The maximum Gasteiger partial charge on any atom is 0.137 e. The topological polar surface area (TPSA) is 59.3 Å². The molecule has 0 bridgehead atoms. The molecule has 4 heteroatoms. The molecule has 1 fully saturated rings. The Balaban J connectivity index is 1.68. The van der Waals surface area contributed by atoms with Crippen LogP contribution in [0.5, 0.6) is 11.5 Å². The minimum atomic E-state index is -0.665. The van der Waals surface area contributed by atoms with Gasteiger partial charge >= 0.3 is 0 Å². The lowest BCUT2D eigenvalue weighted by Gasteiger charge is -2.55. The van der Waals surface area contributed by atoms with Gasteiger partial charge in [0.2, 0.25) is 0 Å². The molecule has 0 aromatic heterocycles. The van der Waals surface area contributed by atoms with E-state index < -0.39 is 5.41 Å². The predicted octanol–water partition coefficient (Wildman–Crippen LogP) is 5.42. The molecule has 0 amide bonds. The van der Waals surface area contributed by atoms with Crippen LogP contribution < -0.4 is 9.47 Å². The molecule has 2 aromatic carbocycles. The molecule has 31 heavy (non-hydrogen) atoms.